The van der Waals surface area contributed by atoms with Crippen LogP contribution in [-0.4, -0.2) is 17.8 Å². The number of carbonyl (C=O) groups is 2. The second-order valence-electron chi connectivity index (χ2n) is 7.83. The highest BCUT2D eigenvalue weighted by Crippen LogP contribution is 2.24. The lowest BCUT2D eigenvalue weighted by atomic mass is 9.95. The number of nitrogens with two attached hydrogens (primary N) is 1. The lowest BCUT2D eigenvalue weighted by Crippen LogP contribution is -2.34. The predicted molar refractivity (Wildman–Crippen MR) is 118 cm³/mol. The first-order chi connectivity index (χ1) is 14.0. The van der Waals surface area contributed by atoms with Crippen molar-refractivity contribution in [2.45, 2.75) is 40.7 Å². The second kappa shape index (κ2) is 9.71. The van der Waals surface area contributed by atoms with E-state index in [9.17, 15) is 14.0 Å². The molecule has 0 heterocycles. The lowest BCUT2D eigenvalue weighted by Gasteiger charge is -2.18. The monoisotopic (exact) mass is 432 g/mol. The van der Waals surface area contributed by atoms with Crippen LogP contribution in [0.4, 0.5) is 14.9 Å². The number of aliphatic imine (C=N–C) groups is 1. The van der Waals surface area contributed by atoms with Crippen LogP contribution in [0.15, 0.2) is 41.4 Å². The van der Waals surface area contributed by atoms with Gasteiger partial charge >= 0.3 is 6.03 Å². The van der Waals surface area contributed by atoms with Crippen molar-refractivity contribution in [2.75, 3.05) is 5.32 Å². The van der Waals surface area contributed by atoms with Gasteiger partial charge in [0.25, 0.3) is 0 Å². The Balaban J connectivity index is 2.11. The number of urea groups is 1. The molecule has 160 valence electrons. The van der Waals surface area contributed by atoms with Gasteiger partial charge in [0.05, 0.1) is 10.7 Å². The predicted octanol–water partition coefficient (Wildman–Crippen LogP) is 4.64. The van der Waals surface area contributed by atoms with Crippen molar-refractivity contribution in [2.24, 2.45) is 16.1 Å². The number of amidine groups is 1. The zero-order valence-electron chi connectivity index (χ0n) is 17.5. The summed E-state index contributed by atoms with van der Waals surface area (Å²) in [6, 6.07) is 8.72. The highest BCUT2D eigenvalue weighted by Gasteiger charge is 2.20. The van der Waals surface area contributed by atoms with Crippen LogP contribution in [0.1, 0.15) is 44.4 Å². The van der Waals surface area contributed by atoms with Crippen LogP contribution in [0.5, 0.6) is 0 Å². The van der Waals surface area contributed by atoms with Crippen molar-refractivity contribution in [3.8, 4) is 0 Å². The molecule has 0 radical (unpaired) electrons. The Kier molecular flexibility index (Phi) is 7.56. The first-order valence-corrected chi connectivity index (χ1v) is 9.89. The first-order valence-electron chi connectivity index (χ1n) is 9.52. The van der Waals surface area contributed by atoms with E-state index in [0.717, 1.165) is 5.56 Å². The van der Waals surface area contributed by atoms with Gasteiger partial charge in [-0.3, -0.25) is 4.79 Å². The summed E-state index contributed by atoms with van der Waals surface area (Å²) in [5.74, 6) is -0.609. The summed E-state index contributed by atoms with van der Waals surface area (Å²) >= 11 is 6.15. The van der Waals surface area contributed by atoms with Gasteiger partial charge in [0.2, 0.25) is 5.91 Å². The molecule has 0 aliphatic rings. The molecule has 2 aromatic rings. The number of aryl methyl sites for hydroxylation is 1. The normalized spacial score (nSPS) is 11.9. The molecule has 2 aromatic carbocycles. The quantitative estimate of drug-likeness (QED) is 0.474. The molecule has 0 bridgehead atoms. The Bertz CT molecular complexity index is 984. The summed E-state index contributed by atoms with van der Waals surface area (Å²) in [4.78, 5) is 28.1. The van der Waals surface area contributed by atoms with Crippen LogP contribution < -0.4 is 16.4 Å². The molecular formula is C22H26ClFN4O2. The molecule has 0 aliphatic heterocycles. The molecule has 4 N–H and O–H groups in total. The van der Waals surface area contributed by atoms with Gasteiger partial charge in [0.15, 0.2) is 0 Å². The van der Waals surface area contributed by atoms with E-state index in [1.54, 1.807) is 30.3 Å². The van der Waals surface area contributed by atoms with Crippen LogP contribution in [0.2, 0.25) is 5.02 Å². The van der Waals surface area contributed by atoms with Crippen LogP contribution in [-0.2, 0) is 17.8 Å². The van der Waals surface area contributed by atoms with E-state index in [0.29, 0.717) is 28.3 Å². The maximum Gasteiger partial charge on any atom is 0.347 e. The fourth-order valence-electron chi connectivity index (χ4n) is 2.54. The van der Waals surface area contributed by atoms with Gasteiger partial charge in [-0.1, -0.05) is 57.5 Å². The van der Waals surface area contributed by atoms with Crippen LogP contribution in [0, 0.1) is 11.2 Å². The molecule has 0 unspecified atom stereocenters. The van der Waals surface area contributed by atoms with Gasteiger partial charge < -0.3 is 16.4 Å². The minimum absolute atomic E-state index is 0.0956. The summed E-state index contributed by atoms with van der Waals surface area (Å²) in [7, 11) is 0. The number of halogens is 2. The molecule has 0 fully saturated rings. The maximum atomic E-state index is 13.9. The SMILES string of the molecule is CCc1ccc(/C(N)=N/C(=O)Nc2cc(CNC(=O)C(C)(C)C)ccc2Cl)cc1F. The van der Waals surface area contributed by atoms with Crippen LogP contribution in [0.3, 0.4) is 0 Å². The Labute approximate surface area is 180 Å². The highest BCUT2D eigenvalue weighted by molar-refractivity contribution is 6.33. The van der Waals surface area contributed by atoms with Crippen molar-refractivity contribution in [1.82, 2.24) is 5.32 Å². The number of benzene rings is 2. The topological polar surface area (TPSA) is 96.6 Å². The van der Waals surface area contributed by atoms with Crippen molar-refractivity contribution in [3.05, 3.63) is 63.9 Å². The highest BCUT2D eigenvalue weighted by atomic mass is 35.5. The van der Waals surface area contributed by atoms with E-state index in [-0.39, 0.29) is 18.3 Å². The van der Waals surface area contributed by atoms with Gasteiger partial charge in [0.1, 0.15) is 11.7 Å². The molecule has 6 nitrogen and oxygen atoms in total. The largest absolute Gasteiger partial charge is 0.383 e. The van der Waals surface area contributed by atoms with E-state index in [1.807, 2.05) is 27.7 Å². The maximum absolute atomic E-state index is 13.9. The van der Waals surface area contributed by atoms with E-state index in [2.05, 4.69) is 15.6 Å². The van der Waals surface area contributed by atoms with Crippen molar-refractivity contribution >= 4 is 35.1 Å². The Morgan fingerprint density at radius 2 is 1.87 bits per heavy atom. The van der Waals surface area contributed by atoms with Gasteiger partial charge in [-0.15, -0.1) is 0 Å². The first kappa shape index (κ1) is 23.3. The molecule has 0 saturated heterocycles. The lowest BCUT2D eigenvalue weighted by molar-refractivity contribution is -0.128. The minimum Gasteiger partial charge on any atom is -0.383 e. The van der Waals surface area contributed by atoms with E-state index >= 15 is 0 Å². The number of amides is 3. The average Bonchev–Trinajstić information content (AvgIpc) is 2.67. The van der Waals surface area contributed by atoms with Gasteiger partial charge in [-0.25, -0.2) is 9.18 Å². The summed E-state index contributed by atoms with van der Waals surface area (Å²) in [6.07, 6.45) is 0.550. The number of hydrogen-bond donors (Lipinski definition) is 3. The number of nitrogens with one attached hydrogen (secondary N) is 2. The second-order valence-corrected chi connectivity index (χ2v) is 8.24. The third-order valence-corrected chi connectivity index (χ3v) is 4.69. The molecule has 0 spiro atoms. The molecule has 0 aliphatic carbocycles. The molecule has 0 atom stereocenters. The van der Waals surface area contributed by atoms with Crippen molar-refractivity contribution in [1.29, 1.82) is 0 Å². The minimum atomic E-state index is -0.745. The van der Waals surface area contributed by atoms with Crippen molar-refractivity contribution in [3.63, 3.8) is 0 Å². The number of anilines is 1. The number of hydrogen-bond acceptors (Lipinski definition) is 2. The number of carbonyl (C=O) groups excluding carboxylic acids is 2. The average molecular weight is 433 g/mol. The molecular weight excluding hydrogens is 407 g/mol. The standard InChI is InChI=1S/C22H26ClFN4O2/c1-5-14-7-8-15(11-17(14)24)19(25)28-21(30)27-18-10-13(6-9-16(18)23)12-26-20(29)22(2,3)4/h6-11H,5,12H2,1-4H3,(H,26,29)(H3,25,27,28,30). The third-order valence-electron chi connectivity index (χ3n) is 4.36. The van der Waals surface area contributed by atoms with Gasteiger partial charge in [0, 0.05) is 17.5 Å². The Morgan fingerprint density at radius 3 is 2.47 bits per heavy atom. The summed E-state index contributed by atoms with van der Waals surface area (Å²) in [5, 5.41) is 5.70. The van der Waals surface area contributed by atoms with Crippen LogP contribution >= 0.6 is 11.6 Å². The summed E-state index contributed by atoms with van der Waals surface area (Å²) in [5.41, 5.74) is 7.27. The number of rotatable bonds is 5. The van der Waals surface area contributed by atoms with E-state index in [4.69, 9.17) is 17.3 Å². The molecule has 30 heavy (non-hydrogen) atoms. The molecule has 0 saturated carbocycles. The number of nitrogens with zero attached hydrogens (tertiary/aromatic N) is 1. The van der Waals surface area contributed by atoms with Gasteiger partial charge in [-0.2, -0.15) is 4.99 Å². The third kappa shape index (κ3) is 6.29. The van der Waals surface area contributed by atoms with E-state index < -0.39 is 17.3 Å². The van der Waals surface area contributed by atoms with Crippen LogP contribution in [0.25, 0.3) is 0 Å². The Morgan fingerprint density at radius 1 is 1.17 bits per heavy atom. The summed E-state index contributed by atoms with van der Waals surface area (Å²) in [6.45, 7) is 7.58. The fraction of sp³-hybridized carbons (Fsp3) is 0.318. The molecule has 8 heteroatoms. The molecule has 2 rings (SSSR count). The summed E-state index contributed by atoms with van der Waals surface area (Å²) < 4.78 is 13.9. The smallest absolute Gasteiger partial charge is 0.347 e. The zero-order valence-corrected chi connectivity index (χ0v) is 18.2. The van der Waals surface area contributed by atoms with Gasteiger partial charge in [-0.05, 0) is 35.7 Å². The zero-order chi connectivity index (χ0) is 22.5. The Hall–Kier alpha value is -2.93. The fourth-order valence-corrected chi connectivity index (χ4v) is 2.70. The molecule has 0 aromatic heterocycles. The van der Waals surface area contributed by atoms with Crippen molar-refractivity contribution < 1.29 is 14.0 Å². The molecule has 3 amide bonds. The van der Waals surface area contributed by atoms with E-state index in [1.165, 1.54) is 6.07 Å².